The van der Waals surface area contributed by atoms with Gasteiger partial charge in [-0.1, -0.05) is 76.4 Å². The molecule has 1 saturated carbocycles. The third-order valence-electron chi connectivity index (χ3n) is 8.89. The minimum Gasteiger partial charge on any atom is -0.382 e. The molecule has 1 aliphatic heterocycles. The van der Waals surface area contributed by atoms with Crippen LogP contribution in [0.1, 0.15) is 98.8 Å². The third-order valence-corrected chi connectivity index (χ3v) is 8.89. The molecule has 1 aliphatic carbocycles. The Hall–Kier alpha value is -3.67. The van der Waals surface area contributed by atoms with E-state index >= 15 is 4.39 Å². The lowest BCUT2D eigenvalue weighted by Gasteiger charge is -2.41. The van der Waals surface area contributed by atoms with E-state index in [4.69, 9.17) is 0 Å². The number of benzene rings is 3. The van der Waals surface area contributed by atoms with Crippen LogP contribution < -0.4 is 10.6 Å². The topological polar surface area (TPSA) is 61.4 Å². The zero-order chi connectivity index (χ0) is 29.9. The Bertz CT molecular complexity index is 1390. The van der Waals surface area contributed by atoms with Crippen molar-refractivity contribution in [3.8, 4) is 0 Å². The summed E-state index contributed by atoms with van der Waals surface area (Å²) in [7, 11) is 0. The van der Waals surface area contributed by atoms with E-state index < -0.39 is 17.8 Å². The molecule has 0 radical (unpaired) electrons. The number of piperidine rings is 1. The van der Waals surface area contributed by atoms with Crippen molar-refractivity contribution in [3.05, 3.63) is 94.8 Å². The normalized spacial score (nSPS) is 19.8. The molecule has 2 aliphatic rings. The molecule has 6 heteroatoms. The molecule has 1 heterocycles. The van der Waals surface area contributed by atoms with Gasteiger partial charge in [-0.05, 0) is 85.0 Å². The van der Waals surface area contributed by atoms with E-state index in [0.29, 0.717) is 31.0 Å². The molecule has 2 N–H and O–H groups in total. The molecule has 2 atom stereocenters. The predicted octanol–water partition coefficient (Wildman–Crippen LogP) is 8.41. The Morgan fingerprint density at radius 3 is 2.26 bits per heavy atom. The molecule has 2 amide bonds. The van der Waals surface area contributed by atoms with Crippen molar-refractivity contribution in [2.75, 3.05) is 17.2 Å². The number of anilines is 2. The fourth-order valence-electron chi connectivity index (χ4n) is 6.51. The van der Waals surface area contributed by atoms with E-state index in [1.165, 1.54) is 38.2 Å². The van der Waals surface area contributed by atoms with Crippen LogP contribution >= 0.6 is 0 Å². The number of amides is 2. The molecule has 42 heavy (non-hydrogen) atoms. The molecule has 0 bridgehead atoms. The summed E-state index contributed by atoms with van der Waals surface area (Å²) in [5.74, 6) is -1.51. The summed E-state index contributed by atoms with van der Waals surface area (Å²) >= 11 is 0. The van der Waals surface area contributed by atoms with E-state index in [1.807, 2.05) is 30.3 Å². The van der Waals surface area contributed by atoms with Crippen LogP contribution in [0, 0.1) is 18.7 Å². The summed E-state index contributed by atoms with van der Waals surface area (Å²) in [5.41, 5.74) is 4.43. The van der Waals surface area contributed by atoms with E-state index in [-0.39, 0.29) is 22.8 Å². The summed E-state index contributed by atoms with van der Waals surface area (Å²) in [6, 6.07) is 20.8. The monoisotopic (exact) mass is 569 g/mol. The highest BCUT2D eigenvalue weighted by Crippen LogP contribution is 2.39. The van der Waals surface area contributed by atoms with Crippen molar-refractivity contribution in [1.82, 2.24) is 4.90 Å². The Balaban J connectivity index is 1.46. The Labute approximate surface area is 249 Å². The fraction of sp³-hybridized carbons (Fsp3) is 0.444. The van der Waals surface area contributed by atoms with Crippen LogP contribution in [-0.2, 0) is 10.2 Å². The molecule has 222 valence electrons. The van der Waals surface area contributed by atoms with Gasteiger partial charge in [0, 0.05) is 24.0 Å². The van der Waals surface area contributed by atoms with Gasteiger partial charge in [-0.2, -0.15) is 0 Å². The van der Waals surface area contributed by atoms with Gasteiger partial charge in [0.1, 0.15) is 5.82 Å². The highest BCUT2D eigenvalue weighted by Gasteiger charge is 2.40. The number of halogens is 1. The number of hydrogen-bond donors (Lipinski definition) is 2. The summed E-state index contributed by atoms with van der Waals surface area (Å²) < 4.78 is 15.0. The Kier molecular flexibility index (Phi) is 9.00. The zero-order valence-electron chi connectivity index (χ0n) is 25.4. The molecule has 0 aromatic heterocycles. The number of likely N-dealkylation sites (tertiary alicyclic amines) is 1. The fourth-order valence-corrected chi connectivity index (χ4v) is 6.51. The first-order valence-corrected chi connectivity index (χ1v) is 15.5. The lowest BCUT2D eigenvalue weighted by atomic mass is 9.83. The van der Waals surface area contributed by atoms with Gasteiger partial charge < -0.3 is 15.5 Å². The van der Waals surface area contributed by atoms with Crippen molar-refractivity contribution in [1.29, 1.82) is 0 Å². The molecule has 5 rings (SSSR count). The number of aryl methyl sites for hydroxylation is 1. The standard InChI is InChI=1S/C36H44FN3O2/c1-24-11-8-17-31(37)32(24)35(42)40-22-10-16-30(34(41)39-29-15-9-12-26(23-29)36(2,3)4)33(40)25-18-20-28(21-19-25)38-27-13-6-5-7-14-27/h8-9,11-12,15,17-21,23,27,30,33,38H,5-7,10,13-14,16,22H2,1-4H3,(H,39,41). The lowest BCUT2D eigenvalue weighted by molar-refractivity contribution is -0.123. The second-order valence-electron chi connectivity index (χ2n) is 13.0. The average molecular weight is 570 g/mol. The quantitative estimate of drug-likeness (QED) is 0.313. The first kappa shape index (κ1) is 29.8. The van der Waals surface area contributed by atoms with Gasteiger partial charge in [-0.25, -0.2) is 4.39 Å². The van der Waals surface area contributed by atoms with Crippen molar-refractivity contribution < 1.29 is 14.0 Å². The number of nitrogens with zero attached hydrogens (tertiary/aromatic N) is 1. The predicted molar refractivity (Wildman–Crippen MR) is 168 cm³/mol. The average Bonchev–Trinajstić information content (AvgIpc) is 2.97. The molecule has 0 spiro atoms. The summed E-state index contributed by atoms with van der Waals surface area (Å²) in [6.07, 6.45) is 7.45. The highest BCUT2D eigenvalue weighted by molar-refractivity contribution is 5.98. The highest BCUT2D eigenvalue weighted by atomic mass is 19.1. The first-order chi connectivity index (χ1) is 20.1. The van der Waals surface area contributed by atoms with Crippen molar-refractivity contribution in [3.63, 3.8) is 0 Å². The molecule has 5 nitrogen and oxygen atoms in total. The van der Waals surface area contributed by atoms with Crippen LogP contribution in [0.2, 0.25) is 0 Å². The SMILES string of the molecule is Cc1cccc(F)c1C(=O)N1CCCC(C(=O)Nc2cccc(C(C)(C)C)c2)C1c1ccc(NC2CCCCC2)cc1. The molecular weight excluding hydrogens is 525 g/mol. The molecule has 2 fully saturated rings. The van der Waals surface area contributed by atoms with E-state index in [9.17, 15) is 9.59 Å². The minimum absolute atomic E-state index is 0.0532. The summed E-state index contributed by atoms with van der Waals surface area (Å²) in [4.78, 5) is 29.6. The van der Waals surface area contributed by atoms with Crippen LogP contribution in [0.3, 0.4) is 0 Å². The van der Waals surface area contributed by atoms with Gasteiger partial charge >= 0.3 is 0 Å². The van der Waals surface area contributed by atoms with Crippen LogP contribution in [0.5, 0.6) is 0 Å². The molecule has 3 aromatic carbocycles. The first-order valence-electron chi connectivity index (χ1n) is 15.5. The molecule has 3 aromatic rings. The van der Waals surface area contributed by atoms with E-state index in [0.717, 1.165) is 22.5 Å². The molecule has 1 saturated heterocycles. The maximum absolute atomic E-state index is 15.0. The number of carbonyl (C=O) groups is 2. The smallest absolute Gasteiger partial charge is 0.257 e. The molecular formula is C36H44FN3O2. The van der Waals surface area contributed by atoms with Crippen LogP contribution in [0.4, 0.5) is 15.8 Å². The number of nitrogens with one attached hydrogen (secondary N) is 2. The summed E-state index contributed by atoms with van der Waals surface area (Å²) in [5, 5.41) is 6.81. The summed E-state index contributed by atoms with van der Waals surface area (Å²) in [6.45, 7) is 8.65. The van der Waals surface area contributed by atoms with Crippen molar-refractivity contribution in [2.45, 2.75) is 90.1 Å². The largest absolute Gasteiger partial charge is 0.382 e. The van der Waals surface area contributed by atoms with Crippen molar-refractivity contribution in [2.24, 2.45) is 5.92 Å². The maximum atomic E-state index is 15.0. The minimum atomic E-state index is -0.531. The Morgan fingerprint density at radius 1 is 0.857 bits per heavy atom. The van der Waals surface area contributed by atoms with Crippen molar-refractivity contribution >= 4 is 23.2 Å². The number of hydrogen-bond acceptors (Lipinski definition) is 3. The second kappa shape index (κ2) is 12.7. The zero-order valence-corrected chi connectivity index (χ0v) is 25.4. The maximum Gasteiger partial charge on any atom is 0.257 e. The van der Waals surface area contributed by atoms with Crippen LogP contribution in [-0.4, -0.2) is 29.3 Å². The van der Waals surface area contributed by atoms with Crippen LogP contribution in [0.15, 0.2) is 66.7 Å². The number of carbonyl (C=O) groups excluding carboxylic acids is 2. The van der Waals surface area contributed by atoms with Gasteiger partial charge in [0.15, 0.2) is 0 Å². The lowest BCUT2D eigenvalue weighted by Crippen LogP contribution is -2.46. The van der Waals surface area contributed by atoms with Crippen LogP contribution in [0.25, 0.3) is 0 Å². The van der Waals surface area contributed by atoms with E-state index in [1.54, 1.807) is 24.0 Å². The Morgan fingerprint density at radius 2 is 1.57 bits per heavy atom. The second-order valence-corrected chi connectivity index (χ2v) is 13.0. The van der Waals surface area contributed by atoms with Gasteiger partial charge in [0.25, 0.3) is 5.91 Å². The third kappa shape index (κ3) is 6.69. The molecule has 2 unspecified atom stereocenters. The van der Waals surface area contributed by atoms with E-state index in [2.05, 4.69) is 49.6 Å². The van der Waals surface area contributed by atoms with Gasteiger partial charge in [0.05, 0.1) is 17.5 Å². The van der Waals surface area contributed by atoms with Gasteiger partial charge in [-0.3, -0.25) is 9.59 Å². The van der Waals surface area contributed by atoms with Gasteiger partial charge in [-0.15, -0.1) is 0 Å². The van der Waals surface area contributed by atoms with Gasteiger partial charge in [0.2, 0.25) is 5.91 Å². The number of rotatable bonds is 6.